The van der Waals surface area contributed by atoms with Crippen molar-refractivity contribution in [1.82, 2.24) is 4.90 Å². The van der Waals surface area contributed by atoms with E-state index in [0.717, 1.165) is 12.6 Å². The van der Waals surface area contributed by atoms with Gasteiger partial charge >= 0.3 is 0 Å². The summed E-state index contributed by atoms with van der Waals surface area (Å²) in [5, 5.41) is 0. The zero-order valence-corrected chi connectivity index (χ0v) is 11.0. The van der Waals surface area contributed by atoms with E-state index >= 15 is 0 Å². The predicted molar refractivity (Wildman–Crippen MR) is 70.2 cm³/mol. The maximum Gasteiger partial charge on any atom is 0.0168 e. The first-order chi connectivity index (χ1) is 6.36. The van der Waals surface area contributed by atoms with E-state index < -0.39 is 0 Å². The van der Waals surface area contributed by atoms with Crippen LogP contribution in [0.25, 0.3) is 0 Å². The Balaban J connectivity index is 0.000000980. The average molecular weight is 255 g/mol. The highest BCUT2D eigenvalue weighted by molar-refractivity contribution is 5.85. The van der Waals surface area contributed by atoms with Crippen molar-refractivity contribution in [2.45, 2.75) is 57.0 Å². The third kappa shape index (κ3) is 4.48. The summed E-state index contributed by atoms with van der Waals surface area (Å²) in [7, 11) is 0. The van der Waals surface area contributed by atoms with Crippen molar-refractivity contribution in [3.8, 4) is 0 Å². The molecule has 0 aromatic rings. The lowest BCUT2D eigenvalue weighted by molar-refractivity contribution is 0.120. The van der Waals surface area contributed by atoms with E-state index in [1.54, 1.807) is 0 Å². The predicted octanol–water partition coefficient (Wildman–Crippen LogP) is 2.59. The molecule has 1 saturated carbocycles. The summed E-state index contributed by atoms with van der Waals surface area (Å²) in [4.78, 5) is 2.65. The summed E-state index contributed by atoms with van der Waals surface area (Å²) in [5.41, 5.74) is 5.99. The van der Waals surface area contributed by atoms with Crippen molar-refractivity contribution in [1.29, 1.82) is 0 Å². The van der Waals surface area contributed by atoms with Gasteiger partial charge in [-0.3, -0.25) is 4.90 Å². The molecule has 1 atom stereocenters. The maximum absolute atomic E-state index is 5.99. The van der Waals surface area contributed by atoms with Crippen LogP contribution in [0.15, 0.2) is 0 Å². The summed E-state index contributed by atoms with van der Waals surface area (Å²) < 4.78 is 0. The van der Waals surface area contributed by atoms with E-state index in [1.807, 2.05) is 0 Å². The lowest BCUT2D eigenvalue weighted by Crippen LogP contribution is -2.48. The minimum atomic E-state index is 0. The fraction of sp³-hybridized carbons (Fsp3) is 1.00. The molecule has 1 aliphatic carbocycles. The van der Waals surface area contributed by atoms with Crippen LogP contribution in [0, 0.1) is 0 Å². The lowest BCUT2D eigenvalue weighted by atomic mass is 9.92. The molecular weight excluding hydrogens is 231 g/mol. The van der Waals surface area contributed by atoms with Gasteiger partial charge in [0.05, 0.1) is 0 Å². The number of likely N-dealkylation sites (tertiary alicyclic amines) is 1. The molecule has 0 amide bonds. The molecule has 15 heavy (non-hydrogen) atoms. The third-order valence-corrected chi connectivity index (χ3v) is 3.58. The number of rotatable bonds is 1. The Morgan fingerprint density at radius 2 is 1.53 bits per heavy atom. The van der Waals surface area contributed by atoms with Gasteiger partial charge in [0.1, 0.15) is 0 Å². The molecule has 2 fully saturated rings. The lowest BCUT2D eigenvalue weighted by Gasteiger charge is -2.38. The van der Waals surface area contributed by atoms with Crippen molar-refractivity contribution in [3.05, 3.63) is 0 Å². The van der Waals surface area contributed by atoms with Crippen LogP contribution in [0.4, 0.5) is 0 Å². The summed E-state index contributed by atoms with van der Waals surface area (Å²) in [5.74, 6) is 0. The quantitative estimate of drug-likeness (QED) is 0.780. The minimum absolute atomic E-state index is 0. The number of hydrogen-bond acceptors (Lipinski definition) is 2. The Bertz CT molecular complexity index is 161. The molecule has 0 aromatic heterocycles. The number of halogens is 2. The highest BCUT2D eigenvalue weighted by Crippen LogP contribution is 2.24. The summed E-state index contributed by atoms with van der Waals surface area (Å²) in [6, 6.07) is 1.33. The van der Waals surface area contributed by atoms with Crippen LogP contribution >= 0.6 is 24.8 Å². The van der Waals surface area contributed by atoms with Gasteiger partial charge in [0.2, 0.25) is 0 Å². The monoisotopic (exact) mass is 254 g/mol. The van der Waals surface area contributed by atoms with E-state index in [2.05, 4.69) is 4.90 Å². The molecule has 2 N–H and O–H groups in total. The van der Waals surface area contributed by atoms with E-state index in [1.165, 1.54) is 51.5 Å². The van der Waals surface area contributed by atoms with Crippen LogP contribution in [0.3, 0.4) is 0 Å². The second kappa shape index (κ2) is 7.72. The van der Waals surface area contributed by atoms with Crippen molar-refractivity contribution in [2.24, 2.45) is 5.73 Å². The first-order valence-electron chi connectivity index (χ1n) is 5.86. The summed E-state index contributed by atoms with van der Waals surface area (Å²) in [6.45, 7) is 2.46. The molecule has 1 heterocycles. The zero-order chi connectivity index (χ0) is 9.10. The first-order valence-corrected chi connectivity index (χ1v) is 5.86. The van der Waals surface area contributed by atoms with Crippen LogP contribution in [0.1, 0.15) is 44.9 Å². The van der Waals surface area contributed by atoms with Gasteiger partial charge in [-0.1, -0.05) is 19.3 Å². The number of hydrogen-bond donors (Lipinski definition) is 1. The van der Waals surface area contributed by atoms with Gasteiger partial charge in [-0.2, -0.15) is 0 Å². The fourth-order valence-electron chi connectivity index (χ4n) is 2.82. The zero-order valence-electron chi connectivity index (χ0n) is 9.36. The van der Waals surface area contributed by atoms with Crippen LogP contribution in [0.5, 0.6) is 0 Å². The molecule has 1 aliphatic heterocycles. The summed E-state index contributed by atoms with van der Waals surface area (Å²) >= 11 is 0. The average Bonchev–Trinajstić information content (AvgIpc) is 2.19. The van der Waals surface area contributed by atoms with Gasteiger partial charge in [-0.15, -0.1) is 24.8 Å². The smallest absolute Gasteiger partial charge is 0.0168 e. The number of piperidine rings is 1. The molecule has 2 rings (SSSR count). The maximum atomic E-state index is 5.99. The molecule has 4 heteroatoms. The Morgan fingerprint density at radius 3 is 2.13 bits per heavy atom. The molecule has 1 unspecified atom stereocenters. The normalized spacial score (nSPS) is 29.0. The second-order valence-corrected chi connectivity index (χ2v) is 4.69. The van der Waals surface area contributed by atoms with Gasteiger partial charge in [0, 0.05) is 18.6 Å². The minimum Gasteiger partial charge on any atom is -0.327 e. The van der Waals surface area contributed by atoms with Gasteiger partial charge in [-0.25, -0.2) is 0 Å². The number of nitrogens with two attached hydrogens (primary N) is 1. The van der Waals surface area contributed by atoms with Gasteiger partial charge < -0.3 is 5.73 Å². The van der Waals surface area contributed by atoms with Crippen LogP contribution in [0.2, 0.25) is 0 Å². The van der Waals surface area contributed by atoms with Gasteiger partial charge in [-0.05, 0) is 32.2 Å². The van der Waals surface area contributed by atoms with Crippen molar-refractivity contribution in [2.75, 3.05) is 13.1 Å². The Labute approximate surface area is 106 Å². The van der Waals surface area contributed by atoms with Crippen LogP contribution in [-0.2, 0) is 0 Å². The standard InChI is InChI=1S/C11H22N2.2ClH/c12-10-5-4-8-13(9-10)11-6-2-1-3-7-11;;/h10-11H,1-9,12H2;2*1H. The molecule has 0 bridgehead atoms. The third-order valence-electron chi connectivity index (χ3n) is 3.58. The van der Waals surface area contributed by atoms with Crippen molar-refractivity contribution < 1.29 is 0 Å². The highest BCUT2D eigenvalue weighted by atomic mass is 35.5. The molecule has 92 valence electrons. The molecule has 2 nitrogen and oxygen atoms in total. The van der Waals surface area contributed by atoms with Crippen molar-refractivity contribution >= 4 is 24.8 Å². The molecular formula is C11H24Cl2N2. The molecule has 0 aromatic carbocycles. The van der Waals surface area contributed by atoms with Crippen LogP contribution in [-0.4, -0.2) is 30.1 Å². The SMILES string of the molecule is Cl.Cl.NC1CCCN(C2CCCCC2)C1. The second-order valence-electron chi connectivity index (χ2n) is 4.69. The molecule has 0 radical (unpaired) electrons. The fourth-order valence-corrected chi connectivity index (χ4v) is 2.82. The van der Waals surface area contributed by atoms with Crippen LogP contribution < -0.4 is 5.73 Å². The van der Waals surface area contributed by atoms with E-state index in [4.69, 9.17) is 5.73 Å². The Hall–Kier alpha value is 0.500. The highest BCUT2D eigenvalue weighted by Gasteiger charge is 2.24. The van der Waals surface area contributed by atoms with E-state index in [9.17, 15) is 0 Å². The topological polar surface area (TPSA) is 29.3 Å². The molecule has 2 aliphatic rings. The Kier molecular flexibility index (Phi) is 7.98. The largest absolute Gasteiger partial charge is 0.327 e. The molecule has 1 saturated heterocycles. The Morgan fingerprint density at radius 1 is 0.867 bits per heavy atom. The van der Waals surface area contributed by atoms with E-state index in [-0.39, 0.29) is 24.8 Å². The molecule has 0 spiro atoms. The van der Waals surface area contributed by atoms with Gasteiger partial charge in [0.15, 0.2) is 0 Å². The summed E-state index contributed by atoms with van der Waals surface area (Å²) in [6.07, 6.45) is 9.74. The van der Waals surface area contributed by atoms with Gasteiger partial charge in [0.25, 0.3) is 0 Å². The number of nitrogens with zero attached hydrogens (tertiary/aromatic N) is 1. The van der Waals surface area contributed by atoms with Crippen molar-refractivity contribution in [3.63, 3.8) is 0 Å². The first kappa shape index (κ1) is 15.5. The van der Waals surface area contributed by atoms with E-state index in [0.29, 0.717) is 6.04 Å².